The standard InChI is InChI=1S/C26H34N2O2/c1-20-12-16-28(17-13-20)24-10-8-22(9-11-24)21(2)27-25(29)26(14-18-30-19-15-26)23-6-4-3-5-7-23/h3-11,20-21H,12-19H2,1-2H3,(H,27,29). The Morgan fingerprint density at radius 2 is 1.67 bits per heavy atom. The molecule has 0 aliphatic carbocycles. The molecule has 0 saturated carbocycles. The van der Waals surface area contributed by atoms with Gasteiger partial charge in [-0.3, -0.25) is 4.79 Å². The van der Waals surface area contributed by atoms with Crippen LogP contribution in [0.2, 0.25) is 0 Å². The summed E-state index contributed by atoms with van der Waals surface area (Å²) in [7, 11) is 0. The summed E-state index contributed by atoms with van der Waals surface area (Å²) in [6.07, 6.45) is 3.97. The van der Waals surface area contributed by atoms with Gasteiger partial charge in [-0.15, -0.1) is 0 Å². The highest BCUT2D eigenvalue weighted by Gasteiger charge is 2.42. The summed E-state index contributed by atoms with van der Waals surface area (Å²) in [5.41, 5.74) is 3.02. The van der Waals surface area contributed by atoms with E-state index in [1.807, 2.05) is 18.2 Å². The highest BCUT2D eigenvalue weighted by atomic mass is 16.5. The van der Waals surface area contributed by atoms with Crippen LogP contribution in [0.3, 0.4) is 0 Å². The predicted octanol–water partition coefficient (Wildman–Crippen LogP) is 4.85. The molecule has 2 aliphatic rings. The average Bonchev–Trinajstić information content (AvgIpc) is 2.80. The van der Waals surface area contributed by atoms with E-state index in [1.165, 1.54) is 18.5 Å². The largest absolute Gasteiger partial charge is 0.381 e. The van der Waals surface area contributed by atoms with Crippen molar-refractivity contribution in [1.29, 1.82) is 0 Å². The van der Waals surface area contributed by atoms with Gasteiger partial charge in [0, 0.05) is 32.0 Å². The number of carbonyl (C=O) groups is 1. The van der Waals surface area contributed by atoms with Gasteiger partial charge in [0.25, 0.3) is 0 Å². The molecule has 2 aromatic carbocycles. The molecule has 160 valence electrons. The molecule has 0 aromatic heterocycles. The van der Waals surface area contributed by atoms with E-state index in [9.17, 15) is 4.79 Å². The Morgan fingerprint density at radius 3 is 2.30 bits per heavy atom. The van der Waals surface area contributed by atoms with Crippen molar-refractivity contribution in [2.45, 2.75) is 51.0 Å². The zero-order chi connectivity index (χ0) is 21.0. The molecule has 30 heavy (non-hydrogen) atoms. The zero-order valence-corrected chi connectivity index (χ0v) is 18.3. The van der Waals surface area contributed by atoms with Crippen molar-refractivity contribution in [2.24, 2.45) is 5.92 Å². The van der Waals surface area contributed by atoms with Crippen LogP contribution in [0, 0.1) is 5.92 Å². The molecule has 1 amide bonds. The zero-order valence-electron chi connectivity index (χ0n) is 18.3. The Hall–Kier alpha value is -2.33. The number of nitrogens with one attached hydrogen (secondary N) is 1. The molecular weight excluding hydrogens is 372 g/mol. The SMILES string of the molecule is CC1CCN(c2ccc(C(C)NC(=O)C3(c4ccccc4)CCOCC3)cc2)CC1. The fraction of sp³-hybridized carbons (Fsp3) is 0.500. The number of ether oxygens (including phenoxy) is 1. The van der Waals surface area contributed by atoms with Crippen LogP contribution >= 0.6 is 0 Å². The molecule has 2 fully saturated rings. The molecule has 4 heteroatoms. The Kier molecular flexibility index (Phi) is 6.43. The van der Waals surface area contributed by atoms with Crippen molar-refractivity contribution in [2.75, 3.05) is 31.2 Å². The van der Waals surface area contributed by atoms with Gasteiger partial charge in [0.05, 0.1) is 11.5 Å². The van der Waals surface area contributed by atoms with Gasteiger partial charge in [0.1, 0.15) is 0 Å². The Labute approximate surface area is 180 Å². The van der Waals surface area contributed by atoms with Crippen LogP contribution in [0.4, 0.5) is 5.69 Å². The number of benzene rings is 2. The Morgan fingerprint density at radius 1 is 1.03 bits per heavy atom. The smallest absolute Gasteiger partial charge is 0.231 e. The molecule has 4 nitrogen and oxygen atoms in total. The molecule has 2 saturated heterocycles. The summed E-state index contributed by atoms with van der Waals surface area (Å²) in [5.74, 6) is 0.941. The average molecular weight is 407 g/mol. The van der Waals surface area contributed by atoms with Gasteiger partial charge < -0.3 is 15.0 Å². The van der Waals surface area contributed by atoms with Crippen molar-refractivity contribution in [3.05, 3.63) is 65.7 Å². The van der Waals surface area contributed by atoms with Crippen LogP contribution < -0.4 is 10.2 Å². The second kappa shape index (κ2) is 9.22. The van der Waals surface area contributed by atoms with Crippen LogP contribution in [0.5, 0.6) is 0 Å². The van der Waals surface area contributed by atoms with Crippen molar-refractivity contribution >= 4 is 11.6 Å². The number of anilines is 1. The first-order valence-electron chi connectivity index (χ1n) is 11.4. The lowest BCUT2D eigenvalue weighted by Gasteiger charge is -2.37. The molecule has 2 aliphatic heterocycles. The molecule has 0 bridgehead atoms. The molecule has 1 unspecified atom stereocenters. The lowest BCUT2D eigenvalue weighted by atomic mass is 9.73. The van der Waals surface area contributed by atoms with E-state index in [4.69, 9.17) is 4.74 Å². The van der Waals surface area contributed by atoms with Crippen molar-refractivity contribution in [1.82, 2.24) is 5.32 Å². The maximum Gasteiger partial charge on any atom is 0.231 e. The van der Waals surface area contributed by atoms with Crippen LogP contribution in [-0.2, 0) is 14.9 Å². The van der Waals surface area contributed by atoms with E-state index < -0.39 is 5.41 Å². The molecule has 1 atom stereocenters. The molecule has 4 rings (SSSR count). The third kappa shape index (κ3) is 4.39. The van der Waals surface area contributed by atoms with E-state index in [0.717, 1.165) is 43.0 Å². The van der Waals surface area contributed by atoms with E-state index in [0.29, 0.717) is 13.2 Å². The number of hydrogen-bond donors (Lipinski definition) is 1. The minimum Gasteiger partial charge on any atom is -0.381 e. The monoisotopic (exact) mass is 406 g/mol. The van der Waals surface area contributed by atoms with Crippen molar-refractivity contribution < 1.29 is 9.53 Å². The quantitative estimate of drug-likeness (QED) is 0.772. The summed E-state index contributed by atoms with van der Waals surface area (Å²) in [4.78, 5) is 15.9. The van der Waals surface area contributed by atoms with Crippen LogP contribution in [0.25, 0.3) is 0 Å². The second-order valence-corrected chi connectivity index (χ2v) is 9.02. The summed E-state index contributed by atoms with van der Waals surface area (Å²) in [5, 5.41) is 3.30. The van der Waals surface area contributed by atoms with E-state index in [2.05, 4.69) is 60.5 Å². The Bertz CT molecular complexity index is 820. The first kappa shape index (κ1) is 20.9. The molecule has 2 heterocycles. The first-order valence-corrected chi connectivity index (χ1v) is 11.4. The van der Waals surface area contributed by atoms with Gasteiger partial charge in [-0.2, -0.15) is 0 Å². The summed E-state index contributed by atoms with van der Waals surface area (Å²) in [6.45, 7) is 7.93. The molecule has 2 aromatic rings. The lowest BCUT2D eigenvalue weighted by Crippen LogP contribution is -2.48. The fourth-order valence-electron chi connectivity index (χ4n) is 4.78. The summed E-state index contributed by atoms with van der Waals surface area (Å²) < 4.78 is 5.58. The van der Waals surface area contributed by atoms with Crippen molar-refractivity contribution in [3.8, 4) is 0 Å². The highest BCUT2D eigenvalue weighted by molar-refractivity contribution is 5.88. The summed E-state index contributed by atoms with van der Waals surface area (Å²) in [6, 6.07) is 18.9. The number of rotatable bonds is 5. The maximum atomic E-state index is 13.5. The highest BCUT2D eigenvalue weighted by Crippen LogP contribution is 2.36. The fourth-order valence-corrected chi connectivity index (χ4v) is 4.78. The lowest BCUT2D eigenvalue weighted by molar-refractivity contribution is -0.131. The van der Waals surface area contributed by atoms with Crippen molar-refractivity contribution in [3.63, 3.8) is 0 Å². The van der Waals surface area contributed by atoms with E-state index in [-0.39, 0.29) is 11.9 Å². The number of amides is 1. The van der Waals surface area contributed by atoms with Crippen LogP contribution in [0.15, 0.2) is 54.6 Å². The van der Waals surface area contributed by atoms with Gasteiger partial charge >= 0.3 is 0 Å². The first-order chi connectivity index (χ1) is 14.6. The van der Waals surface area contributed by atoms with Crippen LogP contribution in [0.1, 0.15) is 56.7 Å². The third-order valence-corrected chi connectivity index (χ3v) is 7.00. The number of carbonyl (C=O) groups excluding carboxylic acids is 1. The predicted molar refractivity (Wildman–Crippen MR) is 122 cm³/mol. The van der Waals surface area contributed by atoms with Gasteiger partial charge in [0.15, 0.2) is 0 Å². The normalized spacial score (nSPS) is 20.5. The topological polar surface area (TPSA) is 41.6 Å². The second-order valence-electron chi connectivity index (χ2n) is 9.02. The van der Waals surface area contributed by atoms with Gasteiger partial charge in [0.2, 0.25) is 5.91 Å². The third-order valence-electron chi connectivity index (χ3n) is 7.00. The minimum absolute atomic E-state index is 0.0311. The minimum atomic E-state index is -0.502. The molecule has 1 N–H and O–H groups in total. The number of piperidine rings is 1. The van der Waals surface area contributed by atoms with Crippen LogP contribution in [-0.4, -0.2) is 32.2 Å². The number of nitrogens with zero attached hydrogens (tertiary/aromatic N) is 1. The molecular formula is C26H34N2O2. The number of hydrogen-bond acceptors (Lipinski definition) is 3. The van der Waals surface area contributed by atoms with Gasteiger partial charge in [-0.25, -0.2) is 0 Å². The molecule has 0 radical (unpaired) electrons. The molecule has 0 spiro atoms. The van der Waals surface area contributed by atoms with E-state index in [1.54, 1.807) is 0 Å². The van der Waals surface area contributed by atoms with E-state index >= 15 is 0 Å². The Balaban J connectivity index is 1.45. The van der Waals surface area contributed by atoms with Gasteiger partial charge in [-0.05, 0) is 61.8 Å². The van der Waals surface area contributed by atoms with Gasteiger partial charge in [-0.1, -0.05) is 49.4 Å². The summed E-state index contributed by atoms with van der Waals surface area (Å²) >= 11 is 0. The maximum absolute atomic E-state index is 13.5.